The van der Waals surface area contributed by atoms with Crippen LogP contribution in [0.25, 0.3) is 11.4 Å². The van der Waals surface area contributed by atoms with E-state index in [1.807, 2.05) is 37.3 Å². The maximum atomic E-state index is 12.4. The molecule has 7 nitrogen and oxygen atoms in total. The summed E-state index contributed by atoms with van der Waals surface area (Å²) in [6, 6.07) is 9.71. The molecule has 0 aliphatic carbocycles. The fourth-order valence-electron chi connectivity index (χ4n) is 3.32. The first-order valence-electron chi connectivity index (χ1n) is 8.96. The van der Waals surface area contributed by atoms with E-state index in [0.717, 1.165) is 30.6 Å². The molecule has 3 rings (SSSR count). The van der Waals surface area contributed by atoms with Gasteiger partial charge in [-0.3, -0.25) is 9.59 Å². The summed E-state index contributed by atoms with van der Waals surface area (Å²) in [7, 11) is 0. The number of carbonyl (C=O) groups is 2. The van der Waals surface area contributed by atoms with Crippen molar-refractivity contribution in [2.24, 2.45) is 11.7 Å². The van der Waals surface area contributed by atoms with E-state index in [4.69, 9.17) is 5.73 Å². The first kappa shape index (κ1) is 18.1. The molecule has 7 heteroatoms. The number of hydrogen-bond acceptors (Lipinski definition) is 4. The highest BCUT2D eigenvalue weighted by molar-refractivity contribution is 5.94. The van der Waals surface area contributed by atoms with Crippen molar-refractivity contribution >= 4 is 11.8 Å². The number of imidazole rings is 1. The number of H-pyrrole nitrogens is 1. The lowest BCUT2D eigenvalue weighted by Crippen LogP contribution is -2.44. The van der Waals surface area contributed by atoms with Gasteiger partial charge in [-0.25, -0.2) is 4.98 Å². The Hall–Kier alpha value is -2.67. The lowest BCUT2D eigenvalue weighted by molar-refractivity contribution is -0.123. The van der Waals surface area contributed by atoms with Crippen molar-refractivity contribution in [2.45, 2.75) is 19.8 Å². The first-order valence-corrected chi connectivity index (χ1v) is 8.96. The third kappa shape index (κ3) is 4.29. The number of hydrogen-bond donors (Lipinski definition) is 3. The van der Waals surface area contributed by atoms with Crippen LogP contribution >= 0.6 is 0 Å². The van der Waals surface area contributed by atoms with Crippen molar-refractivity contribution in [3.63, 3.8) is 0 Å². The van der Waals surface area contributed by atoms with E-state index in [0.29, 0.717) is 31.2 Å². The Kier molecular flexibility index (Phi) is 5.68. The normalized spacial score (nSPS) is 17.8. The summed E-state index contributed by atoms with van der Waals surface area (Å²) in [5.74, 6) is 0.179. The molecule has 26 heavy (non-hydrogen) atoms. The summed E-state index contributed by atoms with van der Waals surface area (Å²) in [5.41, 5.74) is 7.51. The molecule has 0 radical (unpaired) electrons. The lowest BCUT2D eigenvalue weighted by Gasteiger charge is -2.30. The number of aryl methyl sites for hydroxylation is 1. The number of amides is 2. The van der Waals surface area contributed by atoms with Crippen LogP contribution < -0.4 is 11.1 Å². The molecule has 4 N–H and O–H groups in total. The number of likely N-dealkylation sites (tertiary alicyclic amines) is 1. The Bertz CT molecular complexity index is 771. The number of nitrogens with one attached hydrogen (secondary N) is 2. The van der Waals surface area contributed by atoms with E-state index in [1.165, 1.54) is 0 Å². The summed E-state index contributed by atoms with van der Waals surface area (Å²) in [6.07, 6.45) is 1.81. The molecular weight excluding hydrogens is 330 g/mol. The zero-order chi connectivity index (χ0) is 18.5. The van der Waals surface area contributed by atoms with Crippen molar-refractivity contribution in [2.75, 3.05) is 26.2 Å². The number of primary amides is 1. The number of aromatic amines is 1. The number of benzene rings is 1. The van der Waals surface area contributed by atoms with E-state index in [1.54, 1.807) is 0 Å². The summed E-state index contributed by atoms with van der Waals surface area (Å²) >= 11 is 0. The molecule has 2 aromatic rings. The van der Waals surface area contributed by atoms with Gasteiger partial charge in [0, 0.05) is 30.9 Å². The molecule has 0 bridgehead atoms. The lowest BCUT2D eigenvalue weighted by atomic mass is 9.97. The minimum Gasteiger partial charge on any atom is -0.369 e. The van der Waals surface area contributed by atoms with E-state index in [2.05, 4.69) is 20.2 Å². The predicted octanol–water partition coefficient (Wildman–Crippen LogP) is 1.31. The average molecular weight is 355 g/mol. The first-order chi connectivity index (χ1) is 12.5. The molecule has 1 aliphatic heterocycles. The van der Waals surface area contributed by atoms with Gasteiger partial charge in [-0.2, -0.15) is 0 Å². The van der Waals surface area contributed by atoms with Gasteiger partial charge in [0.05, 0.1) is 5.92 Å². The zero-order valence-corrected chi connectivity index (χ0v) is 15.0. The van der Waals surface area contributed by atoms with Crippen molar-refractivity contribution in [1.29, 1.82) is 0 Å². The van der Waals surface area contributed by atoms with Crippen molar-refractivity contribution < 1.29 is 9.59 Å². The van der Waals surface area contributed by atoms with Gasteiger partial charge in [-0.05, 0) is 26.3 Å². The summed E-state index contributed by atoms with van der Waals surface area (Å²) in [6.45, 7) is 4.66. The molecule has 1 atom stereocenters. The fraction of sp³-hybridized carbons (Fsp3) is 0.421. The smallest absolute Gasteiger partial charge is 0.271 e. The van der Waals surface area contributed by atoms with E-state index in [9.17, 15) is 9.59 Å². The minimum atomic E-state index is -0.237. The summed E-state index contributed by atoms with van der Waals surface area (Å²) in [4.78, 5) is 33.6. The topological polar surface area (TPSA) is 104 Å². The van der Waals surface area contributed by atoms with E-state index in [-0.39, 0.29) is 17.7 Å². The molecule has 2 heterocycles. The fourth-order valence-corrected chi connectivity index (χ4v) is 3.32. The van der Waals surface area contributed by atoms with Crippen molar-refractivity contribution in [3.8, 4) is 11.4 Å². The molecule has 0 spiro atoms. The number of aromatic nitrogens is 2. The van der Waals surface area contributed by atoms with Crippen molar-refractivity contribution in [3.05, 3.63) is 41.7 Å². The molecule has 0 saturated carbocycles. The number of nitrogens with zero attached hydrogens (tertiary/aromatic N) is 2. The predicted molar refractivity (Wildman–Crippen MR) is 99.5 cm³/mol. The molecule has 1 aromatic heterocycles. The molecule has 2 amide bonds. The van der Waals surface area contributed by atoms with Gasteiger partial charge in [0.1, 0.15) is 11.5 Å². The number of rotatable bonds is 6. The Morgan fingerprint density at radius 3 is 2.85 bits per heavy atom. The highest BCUT2D eigenvalue weighted by Gasteiger charge is 2.23. The van der Waals surface area contributed by atoms with Gasteiger partial charge in [0.2, 0.25) is 5.91 Å². The third-order valence-electron chi connectivity index (χ3n) is 4.77. The second kappa shape index (κ2) is 8.14. The van der Waals surface area contributed by atoms with Crippen LogP contribution in [0.4, 0.5) is 0 Å². The molecule has 1 unspecified atom stereocenters. The van der Waals surface area contributed by atoms with Crippen LogP contribution in [0.2, 0.25) is 0 Å². The molecule has 1 aliphatic rings. The van der Waals surface area contributed by atoms with E-state index >= 15 is 0 Å². The van der Waals surface area contributed by atoms with Crippen LogP contribution in [0.1, 0.15) is 29.0 Å². The standard InChI is InChI=1S/C19H25N5O2/c1-13-16(23-18(22-13)14-6-3-2-4-7-14)19(26)21-9-11-24-10-5-8-15(12-24)17(20)25/h2-4,6-7,15H,5,8-12H2,1H3,(H2,20,25)(H,21,26)(H,22,23). The highest BCUT2D eigenvalue weighted by Crippen LogP contribution is 2.18. The number of carbonyl (C=O) groups excluding carboxylic acids is 2. The second-order valence-electron chi connectivity index (χ2n) is 6.72. The molecule has 1 saturated heterocycles. The van der Waals surface area contributed by atoms with Gasteiger partial charge < -0.3 is 20.9 Å². The highest BCUT2D eigenvalue weighted by atomic mass is 16.2. The van der Waals surface area contributed by atoms with Gasteiger partial charge in [-0.15, -0.1) is 0 Å². The molecular formula is C19H25N5O2. The van der Waals surface area contributed by atoms with Crippen LogP contribution in [0.3, 0.4) is 0 Å². The zero-order valence-electron chi connectivity index (χ0n) is 15.0. The maximum absolute atomic E-state index is 12.4. The van der Waals surface area contributed by atoms with E-state index < -0.39 is 0 Å². The average Bonchev–Trinajstić information content (AvgIpc) is 3.04. The van der Waals surface area contributed by atoms with Crippen LogP contribution in [-0.4, -0.2) is 52.9 Å². The Balaban J connectivity index is 1.54. The van der Waals surface area contributed by atoms with Crippen LogP contribution in [0.15, 0.2) is 30.3 Å². The molecule has 1 aromatic carbocycles. The minimum absolute atomic E-state index is 0.0820. The van der Waals surface area contributed by atoms with Crippen LogP contribution in [0.5, 0.6) is 0 Å². The summed E-state index contributed by atoms with van der Waals surface area (Å²) in [5, 5.41) is 2.92. The maximum Gasteiger partial charge on any atom is 0.271 e. The van der Waals surface area contributed by atoms with Gasteiger partial charge >= 0.3 is 0 Å². The third-order valence-corrected chi connectivity index (χ3v) is 4.77. The summed E-state index contributed by atoms with van der Waals surface area (Å²) < 4.78 is 0. The van der Waals surface area contributed by atoms with Crippen LogP contribution in [-0.2, 0) is 4.79 Å². The molecule has 138 valence electrons. The van der Waals surface area contributed by atoms with Gasteiger partial charge in [0.15, 0.2) is 0 Å². The van der Waals surface area contributed by atoms with Gasteiger partial charge in [0.25, 0.3) is 5.91 Å². The number of piperidine rings is 1. The Morgan fingerprint density at radius 1 is 1.35 bits per heavy atom. The Morgan fingerprint density at radius 2 is 2.12 bits per heavy atom. The largest absolute Gasteiger partial charge is 0.369 e. The number of nitrogens with two attached hydrogens (primary N) is 1. The monoisotopic (exact) mass is 355 g/mol. The Labute approximate surface area is 153 Å². The van der Waals surface area contributed by atoms with Crippen molar-refractivity contribution in [1.82, 2.24) is 20.2 Å². The van der Waals surface area contributed by atoms with Crippen LogP contribution in [0, 0.1) is 12.8 Å². The quantitative estimate of drug-likeness (QED) is 0.727. The van der Waals surface area contributed by atoms with Gasteiger partial charge in [-0.1, -0.05) is 30.3 Å². The SMILES string of the molecule is Cc1[nH]c(-c2ccccc2)nc1C(=O)NCCN1CCCC(C(N)=O)C1. The second-order valence-corrected chi connectivity index (χ2v) is 6.72. The molecule has 1 fully saturated rings.